The van der Waals surface area contributed by atoms with E-state index in [9.17, 15) is 0 Å². The molecular weight excluding hydrogens is 192 g/mol. The molecule has 0 nitrogen and oxygen atoms in total. The molecule has 1 aromatic rings. The molecule has 1 saturated carbocycles. The topological polar surface area (TPSA) is 0 Å². The zero-order valence-electron chi connectivity index (χ0n) is 10.1. The van der Waals surface area contributed by atoms with Gasteiger partial charge in [-0.25, -0.2) is 0 Å². The first-order chi connectivity index (χ1) is 7.95. The summed E-state index contributed by atoms with van der Waals surface area (Å²) in [6, 6.07) is 9.19. The van der Waals surface area contributed by atoms with Crippen LogP contribution in [0.3, 0.4) is 0 Å². The molecule has 1 fully saturated rings. The Bertz CT molecular complexity index is 347. The van der Waals surface area contributed by atoms with Crippen molar-refractivity contribution in [3.8, 4) is 0 Å². The number of benzene rings is 1. The third kappa shape index (κ3) is 1.90. The van der Waals surface area contributed by atoms with E-state index in [0.29, 0.717) is 0 Å². The van der Waals surface area contributed by atoms with E-state index in [1.807, 2.05) is 0 Å². The van der Waals surface area contributed by atoms with Crippen LogP contribution in [0.15, 0.2) is 24.3 Å². The van der Waals surface area contributed by atoms with Crippen molar-refractivity contribution in [1.29, 1.82) is 0 Å². The highest BCUT2D eigenvalue weighted by Crippen LogP contribution is 2.42. The average molecular weight is 214 g/mol. The van der Waals surface area contributed by atoms with Crippen LogP contribution in [0.25, 0.3) is 0 Å². The molecule has 0 bridgehead atoms. The molecule has 0 heteroatoms. The third-order valence-electron chi connectivity index (χ3n) is 4.63. The average Bonchev–Trinajstić information content (AvgIpc) is 2.39. The molecule has 0 amide bonds. The SMILES string of the molecule is c1ccc2c(c1)CCC[C@@H]2C1CCCCC1. The van der Waals surface area contributed by atoms with Crippen LogP contribution in [-0.4, -0.2) is 0 Å². The molecule has 1 aromatic carbocycles. The van der Waals surface area contributed by atoms with Gasteiger partial charge in [0.2, 0.25) is 0 Å². The maximum Gasteiger partial charge on any atom is -0.0131 e. The van der Waals surface area contributed by atoms with E-state index in [2.05, 4.69) is 24.3 Å². The van der Waals surface area contributed by atoms with Gasteiger partial charge in [-0.15, -0.1) is 0 Å². The molecule has 16 heavy (non-hydrogen) atoms. The summed E-state index contributed by atoms with van der Waals surface area (Å²) in [4.78, 5) is 0. The minimum absolute atomic E-state index is 0.894. The third-order valence-corrected chi connectivity index (χ3v) is 4.63. The van der Waals surface area contributed by atoms with Crippen molar-refractivity contribution < 1.29 is 0 Å². The van der Waals surface area contributed by atoms with Crippen LogP contribution >= 0.6 is 0 Å². The Morgan fingerprint density at radius 2 is 1.62 bits per heavy atom. The highest BCUT2D eigenvalue weighted by atomic mass is 14.3. The summed E-state index contributed by atoms with van der Waals surface area (Å²) in [5.41, 5.74) is 3.34. The molecule has 0 aromatic heterocycles. The minimum atomic E-state index is 0.894. The Labute approximate surface area is 99.1 Å². The van der Waals surface area contributed by atoms with Crippen LogP contribution in [0.1, 0.15) is 62.0 Å². The number of hydrogen-bond donors (Lipinski definition) is 0. The molecule has 1 atom stereocenters. The van der Waals surface area contributed by atoms with Gasteiger partial charge in [-0.05, 0) is 55.1 Å². The summed E-state index contributed by atoms with van der Waals surface area (Å²) < 4.78 is 0. The number of hydrogen-bond acceptors (Lipinski definition) is 0. The highest BCUT2D eigenvalue weighted by molar-refractivity contribution is 5.33. The van der Waals surface area contributed by atoms with E-state index in [1.54, 1.807) is 11.1 Å². The quantitative estimate of drug-likeness (QED) is 0.636. The van der Waals surface area contributed by atoms with E-state index in [-0.39, 0.29) is 0 Å². The Morgan fingerprint density at radius 3 is 2.50 bits per heavy atom. The summed E-state index contributed by atoms with van der Waals surface area (Å²) >= 11 is 0. The number of aryl methyl sites for hydroxylation is 1. The van der Waals surface area contributed by atoms with Gasteiger partial charge in [0, 0.05) is 0 Å². The highest BCUT2D eigenvalue weighted by Gasteiger charge is 2.28. The van der Waals surface area contributed by atoms with E-state index in [1.165, 1.54) is 51.4 Å². The zero-order valence-corrected chi connectivity index (χ0v) is 10.1. The predicted octanol–water partition coefficient (Wildman–Crippen LogP) is 4.69. The van der Waals surface area contributed by atoms with Gasteiger partial charge in [0.15, 0.2) is 0 Å². The van der Waals surface area contributed by atoms with Gasteiger partial charge < -0.3 is 0 Å². The van der Waals surface area contributed by atoms with Crippen molar-refractivity contribution in [2.75, 3.05) is 0 Å². The van der Waals surface area contributed by atoms with Gasteiger partial charge in [-0.2, -0.15) is 0 Å². The lowest BCUT2D eigenvalue weighted by molar-refractivity contribution is 0.284. The molecular formula is C16H22. The first-order valence-corrected chi connectivity index (χ1v) is 7.03. The second-order valence-corrected chi connectivity index (χ2v) is 5.60. The van der Waals surface area contributed by atoms with Crippen LogP contribution in [0, 0.1) is 5.92 Å². The Hall–Kier alpha value is -0.780. The van der Waals surface area contributed by atoms with E-state index >= 15 is 0 Å². The molecule has 2 aliphatic rings. The normalized spacial score (nSPS) is 26.4. The fourth-order valence-electron chi connectivity index (χ4n) is 3.82. The van der Waals surface area contributed by atoms with E-state index < -0.39 is 0 Å². The van der Waals surface area contributed by atoms with E-state index in [0.717, 1.165) is 11.8 Å². The fourth-order valence-corrected chi connectivity index (χ4v) is 3.82. The lowest BCUT2D eigenvalue weighted by Crippen LogP contribution is -2.20. The van der Waals surface area contributed by atoms with E-state index in [4.69, 9.17) is 0 Å². The van der Waals surface area contributed by atoms with Crippen molar-refractivity contribution in [3.05, 3.63) is 35.4 Å². The summed E-state index contributed by atoms with van der Waals surface area (Å²) in [6.45, 7) is 0. The van der Waals surface area contributed by atoms with Crippen LogP contribution in [0.5, 0.6) is 0 Å². The first kappa shape index (κ1) is 10.4. The number of rotatable bonds is 1. The molecule has 2 aliphatic carbocycles. The maximum atomic E-state index is 2.40. The van der Waals surface area contributed by atoms with Gasteiger partial charge in [0.25, 0.3) is 0 Å². The smallest absolute Gasteiger partial charge is 0.0131 e. The summed E-state index contributed by atoms with van der Waals surface area (Å²) in [6.07, 6.45) is 11.6. The molecule has 0 spiro atoms. The molecule has 0 radical (unpaired) electrons. The summed E-state index contributed by atoms with van der Waals surface area (Å²) in [5.74, 6) is 1.89. The van der Waals surface area contributed by atoms with Gasteiger partial charge >= 0.3 is 0 Å². The summed E-state index contributed by atoms with van der Waals surface area (Å²) in [7, 11) is 0. The predicted molar refractivity (Wildman–Crippen MR) is 68.7 cm³/mol. The van der Waals surface area contributed by atoms with Crippen molar-refractivity contribution in [2.24, 2.45) is 5.92 Å². The Kier molecular flexibility index (Phi) is 2.99. The van der Waals surface area contributed by atoms with Crippen LogP contribution < -0.4 is 0 Å². The molecule has 0 heterocycles. The fraction of sp³-hybridized carbons (Fsp3) is 0.625. The second kappa shape index (κ2) is 4.61. The Balaban J connectivity index is 1.86. The molecule has 0 aliphatic heterocycles. The van der Waals surface area contributed by atoms with Crippen LogP contribution in [0.4, 0.5) is 0 Å². The standard InChI is InChI=1S/C16H22/c1-2-7-13(8-3-1)16-12-6-10-14-9-4-5-11-15(14)16/h4-5,9,11,13,16H,1-3,6-8,10,12H2/t16-/m1/s1. The maximum absolute atomic E-state index is 2.40. The first-order valence-electron chi connectivity index (χ1n) is 7.03. The molecule has 0 saturated heterocycles. The van der Waals surface area contributed by atoms with Crippen molar-refractivity contribution in [2.45, 2.75) is 57.3 Å². The lowest BCUT2D eigenvalue weighted by atomic mass is 9.71. The van der Waals surface area contributed by atoms with Gasteiger partial charge in [0.05, 0.1) is 0 Å². The van der Waals surface area contributed by atoms with Gasteiger partial charge in [-0.1, -0.05) is 43.5 Å². The van der Waals surface area contributed by atoms with Crippen molar-refractivity contribution in [1.82, 2.24) is 0 Å². The molecule has 3 rings (SSSR count). The van der Waals surface area contributed by atoms with Crippen LogP contribution in [0.2, 0.25) is 0 Å². The monoisotopic (exact) mass is 214 g/mol. The summed E-state index contributed by atoms with van der Waals surface area (Å²) in [5, 5.41) is 0. The molecule has 0 N–H and O–H groups in total. The minimum Gasteiger partial charge on any atom is -0.0620 e. The molecule has 0 unspecified atom stereocenters. The van der Waals surface area contributed by atoms with Crippen LogP contribution in [-0.2, 0) is 6.42 Å². The largest absolute Gasteiger partial charge is 0.0620 e. The molecule has 86 valence electrons. The van der Waals surface area contributed by atoms with Gasteiger partial charge in [0.1, 0.15) is 0 Å². The lowest BCUT2D eigenvalue weighted by Gasteiger charge is -2.34. The zero-order chi connectivity index (χ0) is 10.8. The van der Waals surface area contributed by atoms with Crippen molar-refractivity contribution >= 4 is 0 Å². The number of fused-ring (bicyclic) bond motifs is 1. The second-order valence-electron chi connectivity index (χ2n) is 5.60. The van der Waals surface area contributed by atoms with Crippen molar-refractivity contribution in [3.63, 3.8) is 0 Å². The Morgan fingerprint density at radius 1 is 0.812 bits per heavy atom. The van der Waals surface area contributed by atoms with Gasteiger partial charge in [-0.3, -0.25) is 0 Å².